The van der Waals surface area contributed by atoms with Gasteiger partial charge >= 0.3 is 11.3 Å². The zero-order valence-corrected chi connectivity index (χ0v) is 28.1. The number of rotatable bonds is 9. The minimum absolute atomic E-state index is 0.0696. The number of aromatic hydroxyl groups is 4. The van der Waals surface area contributed by atoms with Crippen molar-refractivity contribution in [3.8, 4) is 45.8 Å². The van der Waals surface area contributed by atoms with E-state index in [1.165, 1.54) is 13.0 Å². The molecule has 0 amide bonds. The lowest BCUT2D eigenvalue weighted by Crippen LogP contribution is -2.61. The van der Waals surface area contributed by atoms with Crippen molar-refractivity contribution >= 4 is 11.0 Å². The van der Waals surface area contributed by atoms with E-state index in [1.807, 2.05) is 0 Å². The fourth-order valence-electron chi connectivity index (χ4n) is 6.20. The summed E-state index contributed by atoms with van der Waals surface area (Å²) in [6.45, 7) is 0.00397. The van der Waals surface area contributed by atoms with Crippen LogP contribution in [0.1, 0.15) is 6.92 Å². The number of phenolic OH excluding ortho intramolecular Hbond substituents is 4. The quantitative estimate of drug-likeness (QED) is 0.0738. The van der Waals surface area contributed by atoms with Crippen molar-refractivity contribution in [2.45, 2.75) is 99.0 Å². The second-order valence-corrected chi connectivity index (χ2v) is 13.1. The molecule has 2 aromatic carbocycles. The maximum atomic E-state index is 10.9. The van der Waals surface area contributed by atoms with Gasteiger partial charge in [-0.05, 0) is 6.92 Å². The molecule has 21 heteroatoms. The van der Waals surface area contributed by atoms with Gasteiger partial charge in [-0.15, -0.1) is 0 Å². The van der Waals surface area contributed by atoms with Crippen LogP contribution in [0.3, 0.4) is 0 Å². The number of hydrogen-bond donors (Lipinski definition) is 14. The smallest absolute Gasteiger partial charge is 0.402 e. The van der Waals surface area contributed by atoms with Gasteiger partial charge in [0.2, 0.25) is 18.3 Å². The largest absolute Gasteiger partial charge is 0.507 e. The van der Waals surface area contributed by atoms with Gasteiger partial charge in [-0.3, -0.25) is 0 Å². The van der Waals surface area contributed by atoms with E-state index in [0.717, 1.165) is 24.3 Å². The van der Waals surface area contributed by atoms with E-state index in [-0.39, 0.29) is 28.0 Å². The van der Waals surface area contributed by atoms with E-state index in [2.05, 4.69) is 0 Å². The number of fused-ring (bicyclic) bond motifs is 1. The first-order valence-electron chi connectivity index (χ1n) is 16.5. The molecule has 3 aliphatic heterocycles. The predicted octanol–water partition coefficient (Wildman–Crippen LogP) is -3.59. The Balaban J connectivity index is 1.36. The zero-order chi connectivity index (χ0) is 39.3. The van der Waals surface area contributed by atoms with Crippen LogP contribution in [0.5, 0.6) is 34.5 Å². The molecule has 0 bridgehead atoms. The Kier molecular flexibility index (Phi) is 11.5. The molecule has 4 heterocycles. The van der Waals surface area contributed by atoms with E-state index in [1.54, 1.807) is 0 Å². The monoisotopic (exact) mass is 773 g/mol. The number of ether oxygens (including phenoxy) is 6. The predicted molar refractivity (Wildman–Crippen MR) is 173 cm³/mol. The van der Waals surface area contributed by atoms with Crippen LogP contribution in [0.2, 0.25) is 0 Å². The van der Waals surface area contributed by atoms with Crippen molar-refractivity contribution < 1.29 is 104 Å². The molecule has 15 unspecified atom stereocenters. The van der Waals surface area contributed by atoms with Crippen molar-refractivity contribution in [1.29, 1.82) is 0 Å². The molecule has 14 N–H and O–H groups in total. The van der Waals surface area contributed by atoms with Crippen molar-refractivity contribution in [2.75, 3.05) is 13.2 Å². The highest BCUT2D eigenvalue weighted by Crippen LogP contribution is 2.45. The first-order valence-corrected chi connectivity index (χ1v) is 16.5. The minimum atomic E-state index is -1.99. The summed E-state index contributed by atoms with van der Waals surface area (Å²) < 4.78 is 39.8. The van der Waals surface area contributed by atoms with Crippen LogP contribution in [0, 0.1) is 0 Å². The number of phenols is 4. The third-order valence-corrected chi connectivity index (χ3v) is 9.37. The van der Waals surface area contributed by atoms with Gasteiger partial charge in [-0.1, -0.05) is 0 Å². The van der Waals surface area contributed by atoms with Crippen molar-refractivity contribution in [1.82, 2.24) is 0 Å². The molecule has 54 heavy (non-hydrogen) atoms. The minimum Gasteiger partial charge on any atom is -0.507 e. The third-order valence-electron chi connectivity index (χ3n) is 9.37. The molecule has 6 rings (SSSR count). The molecule has 21 nitrogen and oxygen atoms in total. The van der Waals surface area contributed by atoms with Crippen LogP contribution in [0.4, 0.5) is 0 Å². The molecule has 15 atom stereocenters. The lowest BCUT2D eigenvalue weighted by molar-refractivity contribution is -0.318. The molecule has 3 aromatic rings. The molecule has 0 spiro atoms. The molecule has 3 saturated heterocycles. The summed E-state index contributed by atoms with van der Waals surface area (Å²) >= 11 is 0. The Morgan fingerprint density at radius 3 is 1.74 bits per heavy atom. The van der Waals surface area contributed by atoms with Gasteiger partial charge in [0.25, 0.3) is 0 Å². The summed E-state index contributed by atoms with van der Waals surface area (Å²) in [4.78, 5) is 0. The van der Waals surface area contributed by atoms with E-state index in [4.69, 9.17) is 32.8 Å². The lowest BCUT2D eigenvalue weighted by Gasteiger charge is -2.42. The topological polar surface area (TPSA) is 350 Å². The van der Waals surface area contributed by atoms with Crippen molar-refractivity contribution in [2.24, 2.45) is 0 Å². The average Bonchev–Trinajstić information content (AvgIpc) is 3.14. The second kappa shape index (κ2) is 15.7. The van der Waals surface area contributed by atoms with Crippen LogP contribution < -0.4 is 9.47 Å². The molecule has 298 valence electrons. The summed E-state index contributed by atoms with van der Waals surface area (Å²) in [5, 5.41) is 144. The molecule has 0 saturated carbocycles. The van der Waals surface area contributed by atoms with Gasteiger partial charge in [0.05, 0.1) is 30.9 Å². The molecular formula is C33H41O21+. The van der Waals surface area contributed by atoms with Crippen LogP contribution in [-0.4, -0.2) is 177 Å². The summed E-state index contributed by atoms with van der Waals surface area (Å²) in [5.41, 5.74) is -0.355. The molecule has 3 aliphatic rings. The second-order valence-electron chi connectivity index (χ2n) is 13.1. The molecule has 0 aliphatic carbocycles. The van der Waals surface area contributed by atoms with E-state index in [9.17, 15) is 71.5 Å². The highest BCUT2D eigenvalue weighted by Gasteiger charge is 2.49. The van der Waals surface area contributed by atoms with Crippen molar-refractivity contribution in [3.05, 3.63) is 30.3 Å². The van der Waals surface area contributed by atoms with Crippen LogP contribution in [-0.2, 0) is 18.9 Å². The fourth-order valence-corrected chi connectivity index (χ4v) is 6.20. The summed E-state index contributed by atoms with van der Waals surface area (Å²) in [6, 6.07) is 5.22. The van der Waals surface area contributed by atoms with E-state index < -0.39 is 134 Å². The van der Waals surface area contributed by atoms with Crippen LogP contribution >= 0.6 is 0 Å². The number of benzene rings is 2. The summed E-state index contributed by atoms with van der Waals surface area (Å²) in [6.07, 6.45) is -24.9. The molecule has 3 fully saturated rings. The normalized spacial score (nSPS) is 37.3. The summed E-state index contributed by atoms with van der Waals surface area (Å²) in [7, 11) is 0. The first-order chi connectivity index (χ1) is 25.5. The van der Waals surface area contributed by atoms with Gasteiger partial charge in [0, 0.05) is 24.3 Å². The molecule has 1 aromatic heterocycles. The molecule has 0 radical (unpaired) electrons. The fraction of sp³-hybridized carbons (Fsp3) is 0.545. The maximum Gasteiger partial charge on any atom is 0.402 e. The average molecular weight is 774 g/mol. The third kappa shape index (κ3) is 7.52. The van der Waals surface area contributed by atoms with E-state index in [0.29, 0.717) is 0 Å². The summed E-state index contributed by atoms with van der Waals surface area (Å²) in [5.74, 6) is -4.04. The van der Waals surface area contributed by atoms with Crippen molar-refractivity contribution in [3.63, 3.8) is 0 Å². The number of aliphatic hydroxyl groups is 10. The standard InChI is InChI=1S/C33H40O21/c1-9-20(38)24(42)27(45)31(49-9)48-8-19-23(41)26(44)29(47)33(54-19)52-17-6-12-15(50-30(17)10-2-13(36)21(39)14(37)3-10)4-11(35)5-16(12)51-32-28(46)25(43)22(40)18(7-34)53-32/h2-6,9,18-20,22-29,31-34,38,40-47H,7-8H2,1H3,(H3-,35,36,37,39)/p+1. The van der Waals surface area contributed by atoms with Gasteiger partial charge in [0.15, 0.2) is 23.5 Å². The Labute approximate surface area is 303 Å². The SMILES string of the molecule is CC1OC(OCC2OC(Oc3cc4c(OC5OC(CO)C(O)C(O)C5O)cc(O)cc4[o+]c3-c3cc(O)c(O)c(O)c3)C(O)C(O)C2O)C(O)C(O)C1O. The maximum absolute atomic E-state index is 10.9. The number of hydrogen-bond acceptors (Lipinski definition) is 20. The lowest BCUT2D eigenvalue weighted by atomic mass is 9.98. The Bertz CT molecular complexity index is 1770. The number of aliphatic hydroxyl groups excluding tert-OH is 10. The first kappa shape index (κ1) is 39.8. The van der Waals surface area contributed by atoms with Gasteiger partial charge in [0.1, 0.15) is 84.0 Å². The highest BCUT2D eigenvalue weighted by atomic mass is 16.7. The van der Waals surface area contributed by atoms with Gasteiger partial charge in [-0.25, -0.2) is 4.42 Å². The van der Waals surface area contributed by atoms with Crippen LogP contribution in [0.15, 0.2) is 34.7 Å². The Hall–Kier alpha value is -3.91. The molecular weight excluding hydrogens is 732 g/mol. The van der Waals surface area contributed by atoms with Crippen LogP contribution in [0.25, 0.3) is 22.3 Å². The zero-order valence-electron chi connectivity index (χ0n) is 28.1. The van der Waals surface area contributed by atoms with Gasteiger partial charge < -0.3 is 99.9 Å². The van der Waals surface area contributed by atoms with E-state index >= 15 is 0 Å². The Morgan fingerprint density at radius 1 is 0.593 bits per heavy atom. The highest BCUT2D eigenvalue weighted by molar-refractivity contribution is 5.89. The van der Waals surface area contributed by atoms with Gasteiger partial charge in [-0.2, -0.15) is 0 Å². The Morgan fingerprint density at radius 2 is 1.13 bits per heavy atom.